The lowest BCUT2D eigenvalue weighted by atomic mass is 10.2. The van der Waals surface area contributed by atoms with Gasteiger partial charge in [0.1, 0.15) is 5.82 Å². The van der Waals surface area contributed by atoms with Gasteiger partial charge in [-0.25, -0.2) is 4.39 Å². The van der Waals surface area contributed by atoms with Crippen LogP contribution in [-0.4, -0.2) is 11.7 Å². The molecule has 1 amide bonds. The SMILES string of the molecule is Nc1ccc(F)cc1NC(=O)CSc1cccc(Cl)c1. The number of carbonyl (C=O) groups excluding carboxylic acids is 1. The zero-order valence-electron chi connectivity index (χ0n) is 10.4. The molecule has 0 aliphatic rings. The number of nitrogens with two attached hydrogens (primary N) is 1. The van der Waals surface area contributed by atoms with Crippen LogP contribution in [0, 0.1) is 5.82 Å². The highest BCUT2D eigenvalue weighted by Gasteiger charge is 2.07. The molecule has 3 nitrogen and oxygen atoms in total. The van der Waals surface area contributed by atoms with Gasteiger partial charge in [-0.15, -0.1) is 11.8 Å². The fraction of sp³-hybridized carbons (Fsp3) is 0.0714. The number of benzene rings is 2. The summed E-state index contributed by atoms with van der Waals surface area (Å²) in [5.41, 5.74) is 6.26. The number of hydrogen-bond acceptors (Lipinski definition) is 3. The topological polar surface area (TPSA) is 55.1 Å². The van der Waals surface area contributed by atoms with Gasteiger partial charge in [-0.1, -0.05) is 17.7 Å². The van der Waals surface area contributed by atoms with Gasteiger partial charge in [0.05, 0.1) is 17.1 Å². The van der Waals surface area contributed by atoms with Gasteiger partial charge in [-0.05, 0) is 36.4 Å². The van der Waals surface area contributed by atoms with Crippen molar-refractivity contribution >= 4 is 40.6 Å². The van der Waals surface area contributed by atoms with E-state index in [0.717, 1.165) is 4.90 Å². The number of amides is 1. The Bertz CT molecular complexity index is 636. The van der Waals surface area contributed by atoms with Gasteiger partial charge in [-0.2, -0.15) is 0 Å². The highest BCUT2D eigenvalue weighted by atomic mass is 35.5. The quantitative estimate of drug-likeness (QED) is 0.667. The lowest BCUT2D eigenvalue weighted by Gasteiger charge is -2.08. The van der Waals surface area contributed by atoms with Gasteiger partial charge in [-0.3, -0.25) is 4.79 Å². The summed E-state index contributed by atoms with van der Waals surface area (Å²) in [5, 5.41) is 3.19. The summed E-state index contributed by atoms with van der Waals surface area (Å²) in [5.74, 6) is -0.514. The number of nitrogens with one attached hydrogen (secondary N) is 1. The summed E-state index contributed by atoms with van der Waals surface area (Å²) in [7, 11) is 0. The van der Waals surface area contributed by atoms with Gasteiger partial charge in [0.25, 0.3) is 0 Å². The number of hydrogen-bond donors (Lipinski definition) is 2. The Morgan fingerprint density at radius 2 is 2.10 bits per heavy atom. The van der Waals surface area contributed by atoms with E-state index < -0.39 is 5.82 Å². The van der Waals surface area contributed by atoms with Gasteiger partial charge in [0.15, 0.2) is 0 Å². The number of thioether (sulfide) groups is 1. The summed E-state index contributed by atoms with van der Waals surface area (Å²) < 4.78 is 13.1. The minimum Gasteiger partial charge on any atom is -0.397 e. The number of halogens is 2. The Labute approximate surface area is 125 Å². The monoisotopic (exact) mass is 310 g/mol. The molecule has 0 radical (unpaired) electrons. The van der Waals surface area contributed by atoms with Crippen LogP contribution in [0.25, 0.3) is 0 Å². The summed E-state index contributed by atoms with van der Waals surface area (Å²) >= 11 is 7.20. The Hall–Kier alpha value is -1.72. The van der Waals surface area contributed by atoms with Crippen LogP contribution in [-0.2, 0) is 4.79 Å². The van der Waals surface area contributed by atoms with E-state index in [4.69, 9.17) is 17.3 Å². The first-order chi connectivity index (χ1) is 9.54. The molecule has 0 saturated heterocycles. The molecule has 0 saturated carbocycles. The second-order valence-corrected chi connectivity index (χ2v) is 5.51. The number of nitrogen functional groups attached to an aromatic ring is 1. The van der Waals surface area contributed by atoms with Crippen LogP contribution < -0.4 is 11.1 Å². The van der Waals surface area contributed by atoms with Crippen LogP contribution in [0.5, 0.6) is 0 Å². The normalized spacial score (nSPS) is 10.3. The third-order valence-corrected chi connectivity index (χ3v) is 3.68. The predicted molar refractivity (Wildman–Crippen MR) is 81.6 cm³/mol. The molecule has 0 aromatic heterocycles. The second-order valence-electron chi connectivity index (χ2n) is 4.03. The summed E-state index contributed by atoms with van der Waals surface area (Å²) in [6.07, 6.45) is 0. The van der Waals surface area contributed by atoms with E-state index >= 15 is 0 Å². The molecule has 2 aromatic rings. The molecule has 0 aliphatic carbocycles. The smallest absolute Gasteiger partial charge is 0.234 e. The molecule has 104 valence electrons. The molecule has 2 aromatic carbocycles. The van der Waals surface area contributed by atoms with Crippen molar-refractivity contribution < 1.29 is 9.18 Å². The van der Waals surface area contributed by atoms with Gasteiger partial charge in [0, 0.05) is 9.92 Å². The van der Waals surface area contributed by atoms with Crippen molar-refractivity contribution in [1.82, 2.24) is 0 Å². The largest absolute Gasteiger partial charge is 0.397 e. The predicted octanol–water partition coefficient (Wildman–Crippen LogP) is 3.79. The first kappa shape index (κ1) is 14.7. The molecule has 0 fully saturated rings. The van der Waals surface area contributed by atoms with E-state index in [2.05, 4.69) is 5.32 Å². The highest BCUT2D eigenvalue weighted by Crippen LogP contribution is 2.23. The summed E-state index contributed by atoms with van der Waals surface area (Å²) in [6.45, 7) is 0. The average Bonchev–Trinajstić information content (AvgIpc) is 2.41. The molecule has 0 atom stereocenters. The van der Waals surface area contributed by atoms with E-state index in [9.17, 15) is 9.18 Å². The molecule has 20 heavy (non-hydrogen) atoms. The van der Waals surface area contributed by atoms with Crippen LogP contribution in [0.3, 0.4) is 0 Å². The fourth-order valence-electron chi connectivity index (χ4n) is 1.53. The summed E-state index contributed by atoms with van der Waals surface area (Å²) in [4.78, 5) is 12.7. The Kier molecular flexibility index (Phi) is 4.87. The van der Waals surface area contributed by atoms with Crippen molar-refractivity contribution in [2.75, 3.05) is 16.8 Å². The molecule has 0 unspecified atom stereocenters. The van der Waals surface area contributed by atoms with E-state index in [1.54, 1.807) is 12.1 Å². The molecular weight excluding hydrogens is 299 g/mol. The molecular formula is C14H12ClFN2OS. The molecule has 0 bridgehead atoms. The van der Waals surface area contributed by atoms with Crippen LogP contribution in [0.1, 0.15) is 0 Å². The standard InChI is InChI=1S/C14H12ClFN2OS/c15-9-2-1-3-11(6-9)20-8-14(19)18-13-7-10(16)4-5-12(13)17/h1-7H,8,17H2,(H,18,19). The molecule has 2 rings (SSSR count). The molecule has 0 spiro atoms. The van der Waals surface area contributed by atoms with Gasteiger partial charge in [0.2, 0.25) is 5.91 Å². The third kappa shape index (κ3) is 4.15. The lowest BCUT2D eigenvalue weighted by Crippen LogP contribution is -2.15. The molecule has 3 N–H and O–H groups in total. The van der Waals surface area contributed by atoms with E-state index in [-0.39, 0.29) is 17.3 Å². The first-order valence-electron chi connectivity index (χ1n) is 5.78. The van der Waals surface area contributed by atoms with Crippen molar-refractivity contribution in [3.8, 4) is 0 Å². The van der Waals surface area contributed by atoms with Gasteiger partial charge < -0.3 is 11.1 Å². The van der Waals surface area contributed by atoms with E-state index in [1.165, 1.54) is 30.0 Å². The maximum Gasteiger partial charge on any atom is 0.234 e. The second kappa shape index (κ2) is 6.63. The van der Waals surface area contributed by atoms with Crippen molar-refractivity contribution in [2.24, 2.45) is 0 Å². The third-order valence-electron chi connectivity index (χ3n) is 2.46. The number of rotatable bonds is 4. The van der Waals surface area contributed by atoms with Crippen molar-refractivity contribution in [3.05, 3.63) is 53.3 Å². The lowest BCUT2D eigenvalue weighted by molar-refractivity contribution is -0.113. The number of carbonyl (C=O) groups is 1. The van der Waals surface area contributed by atoms with Gasteiger partial charge >= 0.3 is 0 Å². The average molecular weight is 311 g/mol. The number of anilines is 2. The zero-order valence-corrected chi connectivity index (χ0v) is 12.0. The maximum atomic E-state index is 13.1. The Morgan fingerprint density at radius 3 is 2.85 bits per heavy atom. The molecule has 6 heteroatoms. The van der Waals surface area contributed by atoms with Crippen molar-refractivity contribution in [1.29, 1.82) is 0 Å². The highest BCUT2D eigenvalue weighted by molar-refractivity contribution is 8.00. The minimum absolute atomic E-state index is 0.191. The van der Waals surface area contributed by atoms with Crippen LogP contribution in [0.15, 0.2) is 47.4 Å². The molecule has 0 aliphatic heterocycles. The Morgan fingerprint density at radius 1 is 1.30 bits per heavy atom. The maximum absolute atomic E-state index is 13.1. The van der Waals surface area contributed by atoms with Crippen molar-refractivity contribution in [2.45, 2.75) is 4.90 Å². The summed E-state index contributed by atoms with van der Waals surface area (Å²) in [6, 6.07) is 11.1. The van der Waals surface area contributed by atoms with Crippen molar-refractivity contribution in [3.63, 3.8) is 0 Å². The minimum atomic E-state index is -0.447. The first-order valence-corrected chi connectivity index (χ1v) is 7.14. The Balaban J connectivity index is 1.94. The van der Waals surface area contributed by atoms with Crippen LogP contribution in [0.2, 0.25) is 5.02 Å². The molecule has 0 heterocycles. The van der Waals surface area contributed by atoms with E-state index in [1.807, 2.05) is 12.1 Å². The van der Waals surface area contributed by atoms with Crippen LogP contribution in [0.4, 0.5) is 15.8 Å². The van der Waals surface area contributed by atoms with E-state index in [0.29, 0.717) is 10.7 Å². The fourth-order valence-corrected chi connectivity index (χ4v) is 2.54. The van der Waals surface area contributed by atoms with Crippen LogP contribution >= 0.6 is 23.4 Å². The zero-order chi connectivity index (χ0) is 14.5.